The fraction of sp³-hybridized carbons (Fsp3) is 0.154. The Morgan fingerprint density at radius 1 is 1.42 bits per heavy atom. The van der Waals surface area contributed by atoms with E-state index in [-0.39, 0.29) is 5.91 Å². The van der Waals surface area contributed by atoms with Crippen LogP contribution in [0, 0.1) is 6.92 Å². The number of nitrogens with one attached hydrogen (secondary N) is 1. The highest BCUT2D eigenvalue weighted by atomic mass is 32.1. The minimum absolute atomic E-state index is 0.137. The SMILES string of the molecule is Cc1ncsc1C(=O)Nc1ccc(CC(N)=S)cc1. The van der Waals surface area contributed by atoms with Crippen molar-refractivity contribution in [2.75, 3.05) is 5.32 Å². The molecule has 0 aliphatic heterocycles. The number of thiazole rings is 1. The second-order valence-corrected chi connectivity index (χ2v) is 5.44. The van der Waals surface area contributed by atoms with Crippen LogP contribution < -0.4 is 11.1 Å². The van der Waals surface area contributed by atoms with E-state index in [1.54, 1.807) is 5.51 Å². The first-order valence-electron chi connectivity index (χ1n) is 5.65. The van der Waals surface area contributed by atoms with Crippen LogP contribution in [0.3, 0.4) is 0 Å². The van der Waals surface area contributed by atoms with Gasteiger partial charge in [0.05, 0.1) is 16.2 Å². The first-order valence-corrected chi connectivity index (χ1v) is 6.93. The zero-order valence-electron chi connectivity index (χ0n) is 10.3. The van der Waals surface area contributed by atoms with Crippen molar-refractivity contribution < 1.29 is 4.79 Å². The molecule has 0 saturated carbocycles. The number of amides is 1. The molecule has 2 rings (SSSR count). The Balaban J connectivity index is 2.06. The lowest BCUT2D eigenvalue weighted by molar-refractivity contribution is 0.103. The number of aromatic nitrogens is 1. The van der Waals surface area contributed by atoms with Gasteiger partial charge in [0.1, 0.15) is 4.88 Å². The molecule has 3 N–H and O–H groups in total. The summed E-state index contributed by atoms with van der Waals surface area (Å²) in [6.45, 7) is 1.82. The normalized spacial score (nSPS) is 10.2. The van der Waals surface area contributed by atoms with Crippen molar-refractivity contribution in [1.82, 2.24) is 4.98 Å². The van der Waals surface area contributed by atoms with Gasteiger partial charge in [-0.15, -0.1) is 11.3 Å². The van der Waals surface area contributed by atoms with Gasteiger partial charge >= 0.3 is 0 Å². The van der Waals surface area contributed by atoms with Gasteiger partial charge in [-0.1, -0.05) is 24.4 Å². The molecule has 19 heavy (non-hydrogen) atoms. The van der Waals surface area contributed by atoms with Crippen LogP contribution in [0.4, 0.5) is 5.69 Å². The number of aryl methyl sites for hydroxylation is 1. The fourth-order valence-electron chi connectivity index (χ4n) is 1.61. The zero-order chi connectivity index (χ0) is 13.8. The smallest absolute Gasteiger partial charge is 0.267 e. The van der Waals surface area contributed by atoms with Gasteiger partial charge in [-0.2, -0.15) is 0 Å². The van der Waals surface area contributed by atoms with Crippen LogP contribution in [0.2, 0.25) is 0 Å². The third-order valence-corrected chi connectivity index (χ3v) is 3.61. The summed E-state index contributed by atoms with van der Waals surface area (Å²) in [5.74, 6) is -0.137. The number of carbonyl (C=O) groups excluding carboxylic acids is 1. The highest BCUT2D eigenvalue weighted by Gasteiger charge is 2.11. The van der Waals surface area contributed by atoms with Crippen LogP contribution >= 0.6 is 23.6 Å². The van der Waals surface area contributed by atoms with Crippen molar-refractivity contribution in [2.24, 2.45) is 5.73 Å². The lowest BCUT2D eigenvalue weighted by Gasteiger charge is -2.05. The summed E-state index contributed by atoms with van der Waals surface area (Å²) in [5, 5.41) is 2.83. The molecule has 0 atom stereocenters. The van der Waals surface area contributed by atoms with E-state index in [0.717, 1.165) is 16.9 Å². The van der Waals surface area contributed by atoms with Crippen molar-refractivity contribution in [3.8, 4) is 0 Å². The van der Waals surface area contributed by atoms with Crippen LogP contribution in [0.1, 0.15) is 20.9 Å². The summed E-state index contributed by atoms with van der Waals surface area (Å²) in [7, 11) is 0. The average Bonchev–Trinajstić information content (AvgIpc) is 2.77. The van der Waals surface area contributed by atoms with Crippen molar-refractivity contribution in [3.63, 3.8) is 0 Å². The maximum Gasteiger partial charge on any atom is 0.267 e. The Bertz CT molecular complexity index is 605. The van der Waals surface area contributed by atoms with E-state index in [9.17, 15) is 4.79 Å². The molecule has 4 nitrogen and oxygen atoms in total. The van der Waals surface area contributed by atoms with E-state index in [2.05, 4.69) is 10.3 Å². The van der Waals surface area contributed by atoms with Crippen LogP contribution in [0.25, 0.3) is 0 Å². The first-order chi connectivity index (χ1) is 9.06. The summed E-state index contributed by atoms with van der Waals surface area (Å²) >= 11 is 6.18. The molecule has 0 aliphatic rings. The Hall–Kier alpha value is -1.79. The Labute approximate surface area is 120 Å². The molecule has 6 heteroatoms. The van der Waals surface area contributed by atoms with Gasteiger partial charge in [0.15, 0.2) is 0 Å². The lowest BCUT2D eigenvalue weighted by Crippen LogP contribution is -2.12. The number of thiocarbonyl (C=S) groups is 1. The molecule has 2 aromatic rings. The summed E-state index contributed by atoms with van der Waals surface area (Å²) in [6, 6.07) is 7.46. The topological polar surface area (TPSA) is 68.0 Å². The number of nitrogens with two attached hydrogens (primary N) is 1. The zero-order valence-corrected chi connectivity index (χ0v) is 12.0. The standard InChI is InChI=1S/C13H13N3OS2/c1-8-12(19-7-15-8)13(17)16-10-4-2-9(3-5-10)6-11(14)18/h2-5,7H,6H2,1H3,(H2,14,18)(H,16,17). The molecular weight excluding hydrogens is 278 g/mol. The fourth-order valence-corrected chi connectivity index (χ4v) is 2.48. The van der Waals surface area contributed by atoms with Crippen molar-refractivity contribution in [1.29, 1.82) is 0 Å². The third kappa shape index (κ3) is 3.59. The van der Waals surface area contributed by atoms with Gasteiger partial charge < -0.3 is 11.1 Å². The van der Waals surface area contributed by atoms with Crippen LogP contribution in [0.5, 0.6) is 0 Å². The maximum absolute atomic E-state index is 12.0. The van der Waals surface area contributed by atoms with E-state index in [1.165, 1.54) is 11.3 Å². The molecule has 1 aromatic heterocycles. The van der Waals surface area contributed by atoms with Crippen molar-refractivity contribution in [3.05, 3.63) is 45.9 Å². The van der Waals surface area contributed by atoms with Crippen LogP contribution in [0.15, 0.2) is 29.8 Å². The molecule has 0 bridgehead atoms. The first kappa shape index (κ1) is 13.6. The third-order valence-electron chi connectivity index (χ3n) is 2.54. The summed E-state index contributed by atoms with van der Waals surface area (Å²) in [4.78, 5) is 17.1. The van der Waals surface area contributed by atoms with Gasteiger partial charge in [-0.25, -0.2) is 4.98 Å². The molecule has 0 radical (unpaired) electrons. The van der Waals surface area contributed by atoms with Gasteiger partial charge in [0.25, 0.3) is 5.91 Å². The largest absolute Gasteiger partial charge is 0.393 e. The number of hydrogen-bond acceptors (Lipinski definition) is 4. The van der Waals surface area contributed by atoms with Gasteiger partial charge in [-0.3, -0.25) is 4.79 Å². The van der Waals surface area contributed by atoms with Crippen LogP contribution in [-0.4, -0.2) is 15.9 Å². The molecule has 1 amide bonds. The molecule has 0 saturated heterocycles. The Morgan fingerprint density at radius 3 is 2.63 bits per heavy atom. The second-order valence-electron chi connectivity index (χ2n) is 4.06. The maximum atomic E-state index is 12.0. The second kappa shape index (κ2) is 5.90. The van der Waals surface area contributed by atoms with E-state index in [0.29, 0.717) is 16.3 Å². The van der Waals surface area contributed by atoms with Gasteiger partial charge in [0, 0.05) is 12.1 Å². The number of hydrogen-bond donors (Lipinski definition) is 2. The quantitative estimate of drug-likeness (QED) is 0.849. The molecule has 98 valence electrons. The minimum atomic E-state index is -0.137. The number of carbonyl (C=O) groups is 1. The number of nitrogens with zero attached hydrogens (tertiary/aromatic N) is 1. The molecule has 0 aliphatic carbocycles. The molecule has 1 heterocycles. The summed E-state index contributed by atoms with van der Waals surface area (Å²) < 4.78 is 0. The van der Waals surface area contributed by atoms with Crippen molar-refractivity contribution in [2.45, 2.75) is 13.3 Å². The molecule has 0 spiro atoms. The monoisotopic (exact) mass is 291 g/mol. The average molecular weight is 291 g/mol. The van der Waals surface area contributed by atoms with Gasteiger partial charge in [-0.05, 0) is 24.6 Å². The van der Waals surface area contributed by atoms with E-state index in [4.69, 9.17) is 18.0 Å². The summed E-state index contributed by atoms with van der Waals surface area (Å²) in [5.41, 5.74) is 9.65. The minimum Gasteiger partial charge on any atom is -0.393 e. The van der Waals surface area contributed by atoms with E-state index in [1.807, 2.05) is 31.2 Å². The lowest BCUT2D eigenvalue weighted by atomic mass is 10.1. The molecule has 1 aromatic carbocycles. The highest BCUT2D eigenvalue weighted by molar-refractivity contribution is 7.80. The Kier molecular flexibility index (Phi) is 4.24. The number of anilines is 1. The number of rotatable bonds is 4. The van der Waals surface area contributed by atoms with E-state index < -0.39 is 0 Å². The predicted octanol–water partition coefficient (Wildman–Crippen LogP) is 2.53. The van der Waals surface area contributed by atoms with E-state index >= 15 is 0 Å². The highest BCUT2D eigenvalue weighted by Crippen LogP contribution is 2.16. The number of benzene rings is 1. The molecule has 0 unspecified atom stereocenters. The summed E-state index contributed by atoms with van der Waals surface area (Å²) in [6.07, 6.45) is 0.567. The predicted molar refractivity (Wildman–Crippen MR) is 81.7 cm³/mol. The Morgan fingerprint density at radius 2 is 2.11 bits per heavy atom. The molecule has 0 fully saturated rings. The van der Waals surface area contributed by atoms with Crippen LogP contribution in [-0.2, 0) is 6.42 Å². The van der Waals surface area contributed by atoms with Crippen molar-refractivity contribution >= 4 is 40.1 Å². The van der Waals surface area contributed by atoms with Gasteiger partial charge in [0.2, 0.25) is 0 Å². The molecular formula is C13H13N3OS2.